The minimum Gasteiger partial charge on any atom is -0.326 e. The van der Waals surface area contributed by atoms with E-state index in [9.17, 15) is 18.0 Å². The first-order valence-electron chi connectivity index (χ1n) is 14.5. The van der Waals surface area contributed by atoms with Crippen LogP contribution in [0.2, 0.25) is 0 Å². The van der Waals surface area contributed by atoms with E-state index in [1.54, 1.807) is 35.3 Å². The summed E-state index contributed by atoms with van der Waals surface area (Å²) in [5, 5.41) is 11.8. The van der Waals surface area contributed by atoms with Crippen LogP contribution in [-0.2, 0) is 11.0 Å². The first kappa shape index (κ1) is 30.1. The van der Waals surface area contributed by atoms with Crippen LogP contribution in [0.1, 0.15) is 16.7 Å². The molecule has 2 aromatic carbocycles. The Morgan fingerprint density at radius 3 is 2.51 bits per heavy atom. The summed E-state index contributed by atoms with van der Waals surface area (Å²) in [7, 11) is 4.33. The Balaban J connectivity index is 1.43. The molecule has 6 rings (SSSR count). The van der Waals surface area contributed by atoms with Gasteiger partial charge < -0.3 is 4.48 Å². The fraction of sp³-hybridized carbons (Fsp3) is 0.273. The van der Waals surface area contributed by atoms with Gasteiger partial charge in [0.05, 0.1) is 56.9 Å². The highest BCUT2D eigenvalue weighted by atomic mass is 19.4. The summed E-state index contributed by atoms with van der Waals surface area (Å²) in [6.45, 7) is 5.48. The lowest BCUT2D eigenvalue weighted by Gasteiger charge is -2.38. The minimum atomic E-state index is -4.53. The topological polar surface area (TPSA) is 80.3 Å². The number of hydrogen-bond donors (Lipinski definition) is 1. The second-order valence-electron chi connectivity index (χ2n) is 11.9. The van der Waals surface area contributed by atoms with Crippen LogP contribution < -0.4 is 5.32 Å². The number of rotatable bonds is 6. The number of quaternary nitrogens is 1. The third-order valence-electron chi connectivity index (χ3n) is 8.22. The summed E-state index contributed by atoms with van der Waals surface area (Å²) in [6, 6.07) is 14.2. The summed E-state index contributed by atoms with van der Waals surface area (Å²) in [4.78, 5) is 19.7. The lowest BCUT2D eigenvalue weighted by molar-refractivity contribution is -0.894. The van der Waals surface area contributed by atoms with Crippen LogP contribution in [0.15, 0.2) is 67.0 Å². The Kier molecular flexibility index (Phi) is 7.68. The number of alkyl halides is 3. The molecule has 5 aromatic rings. The zero-order chi connectivity index (χ0) is 31.9. The molecule has 1 aliphatic rings. The number of fused-ring (bicyclic) bond motifs is 1. The van der Waals surface area contributed by atoms with Crippen molar-refractivity contribution in [3.05, 3.63) is 83.7 Å². The monoisotopic (exact) mass is 613 g/mol. The standard InChI is InChI=1S/C33H31F3N8O/c1-5-23-9-11-26(12-10-23)43-28(13-14-37-43)27-20-42-31(30(22(27)2)24-7-6-8-25(19-24)33(34,35)36)39-32(40-42)38-29(45)21-41-15-17-44(3,4)18-16-41/h1,6-14,19-20H,15-18,21H2,2-4H3/p+1. The number of amides is 1. The molecule has 1 aliphatic heterocycles. The van der Waals surface area contributed by atoms with Gasteiger partial charge in [0.15, 0.2) is 5.65 Å². The Morgan fingerprint density at radius 1 is 1.09 bits per heavy atom. The van der Waals surface area contributed by atoms with Crippen LogP contribution >= 0.6 is 0 Å². The van der Waals surface area contributed by atoms with Gasteiger partial charge in [-0.05, 0) is 60.5 Å². The molecule has 4 heterocycles. The van der Waals surface area contributed by atoms with Crippen LogP contribution in [0.3, 0.4) is 0 Å². The first-order chi connectivity index (χ1) is 21.4. The van der Waals surface area contributed by atoms with E-state index in [1.807, 2.05) is 25.1 Å². The highest BCUT2D eigenvalue weighted by Crippen LogP contribution is 2.38. The van der Waals surface area contributed by atoms with Gasteiger partial charge in [0.1, 0.15) is 0 Å². The number of anilines is 1. The largest absolute Gasteiger partial charge is 0.416 e. The van der Waals surface area contributed by atoms with E-state index in [0.29, 0.717) is 33.6 Å². The van der Waals surface area contributed by atoms with Gasteiger partial charge in [0.25, 0.3) is 0 Å². The Bertz CT molecular complexity index is 1920. The molecular formula is C33H32F3N8O+. The molecule has 3 aromatic heterocycles. The lowest BCUT2D eigenvalue weighted by Crippen LogP contribution is -2.55. The predicted molar refractivity (Wildman–Crippen MR) is 166 cm³/mol. The number of piperazine rings is 1. The molecule has 45 heavy (non-hydrogen) atoms. The number of likely N-dealkylation sites (N-methyl/N-ethyl adjacent to an activating group) is 1. The fourth-order valence-corrected chi connectivity index (χ4v) is 5.60. The SMILES string of the molecule is C#Cc1ccc(-n2nccc2-c2cn3nc(NC(=O)CN4CC[N+](C)(C)CC4)nc3c(-c3cccc(C(F)(F)F)c3)c2C)cc1. The summed E-state index contributed by atoms with van der Waals surface area (Å²) in [5.41, 5.74) is 3.80. The maximum Gasteiger partial charge on any atom is 0.416 e. The van der Waals surface area contributed by atoms with Crippen LogP contribution in [0.5, 0.6) is 0 Å². The highest BCUT2D eigenvalue weighted by Gasteiger charge is 2.31. The number of aromatic nitrogens is 5. The lowest BCUT2D eigenvalue weighted by atomic mass is 9.95. The average molecular weight is 614 g/mol. The first-order valence-corrected chi connectivity index (χ1v) is 14.5. The molecule has 1 fully saturated rings. The van der Waals surface area contributed by atoms with Crippen LogP contribution in [-0.4, -0.2) is 86.5 Å². The maximum atomic E-state index is 13.8. The van der Waals surface area contributed by atoms with E-state index < -0.39 is 11.7 Å². The number of benzene rings is 2. The van der Waals surface area contributed by atoms with Crippen molar-refractivity contribution < 1.29 is 22.4 Å². The zero-order valence-electron chi connectivity index (χ0n) is 25.1. The van der Waals surface area contributed by atoms with Crippen molar-refractivity contribution in [1.29, 1.82) is 0 Å². The fourth-order valence-electron chi connectivity index (χ4n) is 5.60. The van der Waals surface area contributed by atoms with Crippen molar-refractivity contribution >= 4 is 17.5 Å². The number of carbonyl (C=O) groups excluding carboxylic acids is 1. The molecule has 1 N–H and O–H groups in total. The van der Waals surface area contributed by atoms with Crippen LogP contribution in [0, 0.1) is 19.3 Å². The Morgan fingerprint density at radius 2 is 1.82 bits per heavy atom. The molecule has 0 bridgehead atoms. The van der Waals surface area contributed by atoms with Crippen LogP contribution in [0.4, 0.5) is 19.1 Å². The molecule has 230 valence electrons. The van der Waals surface area contributed by atoms with Gasteiger partial charge in [-0.1, -0.05) is 18.1 Å². The molecule has 0 aliphatic carbocycles. The molecule has 1 saturated heterocycles. The van der Waals surface area contributed by atoms with E-state index in [-0.39, 0.29) is 18.4 Å². The van der Waals surface area contributed by atoms with Gasteiger partial charge >= 0.3 is 6.18 Å². The van der Waals surface area contributed by atoms with E-state index in [1.165, 1.54) is 10.6 Å². The van der Waals surface area contributed by atoms with Crippen molar-refractivity contribution in [2.75, 3.05) is 52.1 Å². The summed E-state index contributed by atoms with van der Waals surface area (Å²) >= 11 is 0. The molecule has 0 atom stereocenters. The van der Waals surface area contributed by atoms with E-state index >= 15 is 0 Å². The van der Waals surface area contributed by atoms with Crippen molar-refractivity contribution in [1.82, 2.24) is 29.3 Å². The van der Waals surface area contributed by atoms with Gasteiger partial charge in [-0.2, -0.15) is 23.3 Å². The van der Waals surface area contributed by atoms with E-state index in [2.05, 4.69) is 45.4 Å². The summed E-state index contributed by atoms with van der Waals surface area (Å²) in [6.07, 6.45) is 4.38. The van der Waals surface area contributed by atoms with E-state index in [4.69, 9.17) is 6.42 Å². The van der Waals surface area contributed by atoms with Gasteiger partial charge in [-0.25, -0.2) is 9.20 Å². The second kappa shape index (κ2) is 11.5. The van der Waals surface area contributed by atoms with Crippen molar-refractivity contribution in [3.63, 3.8) is 0 Å². The number of nitrogens with one attached hydrogen (secondary N) is 1. The van der Waals surface area contributed by atoms with Gasteiger partial charge in [0.2, 0.25) is 11.9 Å². The molecule has 9 nitrogen and oxygen atoms in total. The maximum absolute atomic E-state index is 13.8. The number of nitrogens with zero attached hydrogens (tertiary/aromatic N) is 7. The molecule has 1 amide bonds. The number of terminal acetylenes is 1. The zero-order valence-corrected chi connectivity index (χ0v) is 25.1. The number of hydrogen-bond acceptors (Lipinski definition) is 5. The molecule has 12 heteroatoms. The van der Waals surface area contributed by atoms with Gasteiger partial charge in [-0.15, -0.1) is 11.5 Å². The van der Waals surface area contributed by atoms with Crippen molar-refractivity contribution in [3.8, 4) is 40.4 Å². The number of carbonyl (C=O) groups is 1. The molecule has 0 unspecified atom stereocenters. The van der Waals surface area contributed by atoms with Gasteiger partial charge in [-0.3, -0.25) is 15.0 Å². The number of pyridine rings is 1. The highest BCUT2D eigenvalue weighted by molar-refractivity contribution is 5.92. The number of halogens is 3. The average Bonchev–Trinajstić information content (AvgIpc) is 3.64. The Hall–Kier alpha value is -4.99. The van der Waals surface area contributed by atoms with Crippen molar-refractivity contribution in [2.45, 2.75) is 13.1 Å². The molecular weight excluding hydrogens is 581 g/mol. The molecule has 0 spiro atoms. The normalized spacial score (nSPS) is 15.2. The van der Waals surface area contributed by atoms with Crippen LogP contribution in [0.25, 0.3) is 33.7 Å². The Labute approximate surface area is 258 Å². The second-order valence-corrected chi connectivity index (χ2v) is 11.9. The minimum absolute atomic E-state index is 0.0660. The summed E-state index contributed by atoms with van der Waals surface area (Å²) in [5.74, 6) is 2.40. The quantitative estimate of drug-likeness (QED) is 0.218. The third-order valence-corrected chi connectivity index (χ3v) is 8.22. The van der Waals surface area contributed by atoms with E-state index in [0.717, 1.165) is 54.0 Å². The smallest absolute Gasteiger partial charge is 0.326 e. The van der Waals surface area contributed by atoms with Crippen molar-refractivity contribution in [2.24, 2.45) is 0 Å². The molecule has 0 radical (unpaired) electrons. The summed E-state index contributed by atoms with van der Waals surface area (Å²) < 4.78 is 45.4. The predicted octanol–water partition coefficient (Wildman–Crippen LogP) is 4.89. The third kappa shape index (κ3) is 6.18. The molecule has 0 saturated carbocycles. The van der Waals surface area contributed by atoms with Gasteiger partial charge in [0, 0.05) is 36.0 Å².